The van der Waals surface area contributed by atoms with Gasteiger partial charge < -0.3 is 10.1 Å². The molecule has 1 unspecified atom stereocenters. The number of piperidine rings is 1. The molecule has 8 heteroatoms. The van der Waals surface area contributed by atoms with Gasteiger partial charge in [-0.25, -0.2) is 13.8 Å². The van der Waals surface area contributed by atoms with E-state index in [1.807, 2.05) is 0 Å². The van der Waals surface area contributed by atoms with E-state index in [0.29, 0.717) is 0 Å². The zero-order chi connectivity index (χ0) is 14.8. The average Bonchev–Trinajstić information content (AvgIpc) is 2.34. The Hall–Kier alpha value is -1.44. The minimum absolute atomic E-state index is 0.211. The second-order valence-corrected chi connectivity index (χ2v) is 4.72. The van der Waals surface area contributed by atoms with Crippen LogP contribution >= 0.6 is 0 Å². The molecule has 0 bridgehead atoms. The third-order valence-corrected chi connectivity index (χ3v) is 2.92. The van der Waals surface area contributed by atoms with Crippen LogP contribution in [-0.4, -0.2) is 30.6 Å². The highest BCUT2D eigenvalue weighted by Gasteiger charge is 2.38. The van der Waals surface area contributed by atoms with Gasteiger partial charge in [0.05, 0.1) is 13.2 Å². The number of nitrogens with zero attached hydrogens (tertiary/aromatic N) is 1. The Labute approximate surface area is 112 Å². The van der Waals surface area contributed by atoms with Gasteiger partial charge >= 0.3 is 6.18 Å². The number of nitrogens with one attached hydrogen (secondary N) is 1. The van der Waals surface area contributed by atoms with E-state index in [0.717, 1.165) is 12.3 Å². The summed E-state index contributed by atoms with van der Waals surface area (Å²) >= 11 is 0. The minimum Gasteiger partial charge on any atom is -0.491 e. The maximum absolute atomic E-state index is 13.1. The van der Waals surface area contributed by atoms with E-state index >= 15 is 0 Å². The lowest BCUT2D eigenvalue weighted by Crippen LogP contribution is -2.45. The van der Waals surface area contributed by atoms with Gasteiger partial charge in [-0.05, 0) is 12.1 Å². The molecule has 0 aromatic carbocycles. The van der Waals surface area contributed by atoms with Gasteiger partial charge in [-0.2, -0.15) is 13.2 Å². The summed E-state index contributed by atoms with van der Waals surface area (Å²) in [4.78, 5) is 3.23. The Balaban J connectivity index is 2.01. The fourth-order valence-corrected chi connectivity index (χ4v) is 2.07. The van der Waals surface area contributed by atoms with Crippen molar-refractivity contribution in [1.29, 1.82) is 0 Å². The van der Waals surface area contributed by atoms with Crippen LogP contribution in [0.25, 0.3) is 0 Å². The molecule has 1 aromatic rings. The van der Waals surface area contributed by atoms with Gasteiger partial charge in [0.25, 0.3) is 5.92 Å². The average molecular weight is 296 g/mol. The van der Waals surface area contributed by atoms with Crippen molar-refractivity contribution in [1.82, 2.24) is 10.3 Å². The van der Waals surface area contributed by atoms with Gasteiger partial charge in [0, 0.05) is 25.1 Å². The summed E-state index contributed by atoms with van der Waals surface area (Å²) in [6, 6.07) is 2.43. The Morgan fingerprint density at radius 2 is 2.15 bits per heavy atom. The summed E-state index contributed by atoms with van der Waals surface area (Å²) < 4.78 is 69.3. The van der Waals surface area contributed by atoms with Gasteiger partial charge in [0.1, 0.15) is 5.75 Å². The highest BCUT2D eigenvalue weighted by atomic mass is 19.4. The normalized spacial score (nSPS) is 22.6. The third kappa shape index (κ3) is 3.78. The molecule has 2 rings (SSSR count). The van der Waals surface area contributed by atoms with Crippen LogP contribution in [0.15, 0.2) is 18.3 Å². The number of hydrogen-bond acceptors (Lipinski definition) is 3. The molecule has 0 saturated carbocycles. The molecule has 1 N–H and O–H groups in total. The first-order valence-corrected chi connectivity index (χ1v) is 6.01. The molecule has 1 aromatic heterocycles. The summed E-state index contributed by atoms with van der Waals surface area (Å²) in [5.74, 6) is -3.83. The van der Waals surface area contributed by atoms with Gasteiger partial charge in [-0.15, -0.1) is 0 Å². The summed E-state index contributed by atoms with van der Waals surface area (Å²) in [6.45, 7) is -0.335. The Morgan fingerprint density at radius 3 is 2.80 bits per heavy atom. The lowest BCUT2D eigenvalue weighted by atomic mass is 9.98. The van der Waals surface area contributed by atoms with Crippen molar-refractivity contribution in [3.8, 4) is 5.75 Å². The molecule has 0 radical (unpaired) electrons. The number of halogens is 5. The summed E-state index contributed by atoms with van der Waals surface area (Å²) in [7, 11) is 0. The van der Waals surface area contributed by atoms with Crippen molar-refractivity contribution >= 4 is 0 Å². The van der Waals surface area contributed by atoms with Crippen molar-refractivity contribution in [2.75, 3.05) is 19.7 Å². The highest BCUT2D eigenvalue weighted by Crippen LogP contribution is 2.34. The van der Waals surface area contributed by atoms with E-state index in [-0.39, 0.29) is 13.2 Å². The summed E-state index contributed by atoms with van der Waals surface area (Å²) in [5, 5.41) is 2.54. The Bertz CT molecular complexity index is 463. The second-order valence-electron chi connectivity index (χ2n) is 4.72. The van der Waals surface area contributed by atoms with Crippen molar-refractivity contribution in [3.05, 3.63) is 24.0 Å². The molecule has 2 heterocycles. The Kier molecular flexibility index (Phi) is 4.12. The zero-order valence-corrected chi connectivity index (χ0v) is 10.4. The minimum atomic E-state index is -4.63. The molecule has 1 aliphatic heterocycles. The molecular formula is C12H13F5N2O. The molecule has 1 fully saturated rings. The molecule has 0 aliphatic carbocycles. The summed E-state index contributed by atoms with van der Waals surface area (Å²) in [5.41, 5.74) is -1.14. The third-order valence-electron chi connectivity index (χ3n) is 2.92. The van der Waals surface area contributed by atoms with Crippen LogP contribution in [0.4, 0.5) is 22.0 Å². The van der Waals surface area contributed by atoms with Crippen LogP contribution in [0.1, 0.15) is 12.1 Å². The van der Waals surface area contributed by atoms with E-state index in [4.69, 9.17) is 4.74 Å². The first kappa shape index (κ1) is 15.0. The van der Waals surface area contributed by atoms with Crippen molar-refractivity contribution < 1.29 is 26.7 Å². The largest absolute Gasteiger partial charge is 0.491 e. The van der Waals surface area contributed by atoms with Crippen LogP contribution in [-0.2, 0) is 6.18 Å². The van der Waals surface area contributed by atoms with Gasteiger partial charge in [0.15, 0.2) is 5.69 Å². The SMILES string of the molecule is FC1(F)CNCC(COc2cccnc2C(F)(F)F)C1. The second kappa shape index (κ2) is 5.51. The van der Waals surface area contributed by atoms with Crippen molar-refractivity contribution in [2.45, 2.75) is 18.5 Å². The van der Waals surface area contributed by atoms with Crippen molar-refractivity contribution in [2.24, 2.45) is 5.92 Å². The number of aromatic nitrogens is 1. The number of rotatable bonds is 3. The molecule has 1 atom stereocenters. The molecule has 1 aliphatic rings. The van der Waals surface area contributed by atoms with E-state index in [1.165, 1.54) is 6.07 Å². The predicted octanol–water partition coefficient (Wildman–Crippen LogP) is 2.72. The molecule has 20 heavy (non-hydrogen) atoms. The van der Waals surface area contributed by atoms with Gasteiger partial charge in [-0.3, -0.25) is 0 Å². The number of hydrogen-bond donors (Lipinski definition) is 1. The molecule has 0 spiro atoms. The number of ether oxygens (including phenoxy) is 1. The van der Waals surface area contributed by atoms with Crippen molar-refractivity contribution in [3.63, 3.8) is 0 Å². The van der Waals surface area contributed by atoms with Crippen LogP contribution in [0.2, 0.25) is 0 Å². The summed E-state index contributed by atoms with van der Waals surface area (Å²) in [6.07, 6.45) is -4.03. The van der Waals surface area contributed by atoms with Crippen LogP contribution in [0.3, 0.4) is 0 Å². The molecular weight excluding hydrogens is 283 g/mol. The molecule has 0 amide bonds. The van der Waals surface area contributed by atoms with Gasteiger partial charge in [-0.1, -0.05) is 0 Å². The molecule has 112 valence electrons. The van der Waals surface area contributed by atoms with E-state index in [9.17, 15) is 22.0 Å². The van der Waals surface area contributed by atoms with Crippen LogP contribution in [0, 0.1) is 5.92 Å². The highest BCUT2D eigenvalue weighted by molar-refractivity contribution is 5.29. The monoisotopic (exact) mass is 296 g/mol. The maximum atomic E-state index is 13.1. The smallest absolute Gasteiger partial charge is 0.437 e. The number of pyridine rings is 1. The van der Waals surface area contributed by atoms with E-state index < -0.39 is 42.4 Å². The standard InChI is InChI=1S/C12H13F5N2O/c13-11(14)4-8(5-18-7-11)6-20-9-2-1-3-19-10(9)12(15,16)17/h1-3,8,18H,4-7H2. The lowest BCUT2D eigenvalue weighted by molar-refractivity contribution is -0.142. The first-order valence-electron chi connectivity index (χ1n) is 6.01. The zero-order valence-electron chi connectivity index (χ0n) is 10.4. The fourth-order valence-electron chi connectivity index (χ4n) is 2.07. The lowest BCUT2D eigenvalue weighted by Gasteiger charge is -2.29. The predicted molar refractivity (Wildman–Crippen MR) is 60.7 cm³/mol. The van der Waals surface area contributed by atoms with E-state index in [1.54, 1.807) is 0 Å². The van der Waals surface area contributed by atoms with E-state index in [2.05, 4.69) is 10.3 Å². The molecule has 3 nitrogen and oxygen atoms in total. The van der Waals surface area contributed by atoms with Gasteiger partial charge in [0.2, 0.25) is 0 Å². The molecule has 1 saturated heterocycles. The topological polar surface area (TPSA) is 34.1 Å². The Morgan fingerprint density at radius 1 is 1.40 bits per heavy atom. The fraction of sp³-hybridized carbons (Fsp3) is 0.583. The quantitative estimate of drug-likeness (QED) is 0.871. The van der Waals surface area contributed by atoms with Crippen LogP contribution in [0.5, 0.6) is 5.75 Å². The maximum Gasteiger partial charge on any atom is 0.437 e. The number of alkyl halides is 5. The van der Waals surface area contributed by atoms with Crippen LogP contribution < -0.4 is 10.1 Å². The first-order chi connectivity index (χ1) is 9.28.